The van der Waals surface area contributed by atoms with E-state index in [1.165, 1.54) is 0 Å². The average molecular weight is 357 g/mol. The van der Waals surface area contributed by atoms with Gasteiger partial charge in [-0.1, -0.05) is 19.1 Å². The van der Waals surface area contributed by atoms with Crippen molar-refractivity contribution in [2.75, 3.05) is 20.3 Å². The third-order valence-corrected chi connectivity index (χ3v) is 3.77. The number of carboxylic acids is 1. The molecular weight excluding hydrogens is 334 g/mol. The van der Waals surface area contributed by atoms with E-state index >= 15 is 0 Å². The molecule has 0 unspecified atom stereocenters. The molecular formula is C20H23NO5. The van der Waals surface area contributed by atoms with E-state index in [4.69, 9.17) is 14.6 Å². The lowest BCUT2D eigenvalue weighted by atomic mass is 10.1. The number of carboxylic acid groups (broad SMARTS) is 1. The fraction of sp³-hybridized carbons (Fsp3) is 0.300. The van der Waals surface area contributed by atoms with Crippen molar-refractivity contribution in [1.29, 1.82) is 0 Å². The van der Waals surface area contributed by atoms with E-state index in [-0.39, 0.29) is 11.5 Å². The summed E-state index contributed by atoms with van der Waals surface area (Å²) in [6.45, 7) is 2.89. The molecule has 6 nitrogen and oxygen atoms in total. The van der Waals surface area contributed by atoms with Crippen LogP contribution < -0.4 is 14.8 Å². The van der Waals surface area contributed by atoms with Crippen LogP contribution in [0.4, 0.5) is 0 Å². The highest BCUT2D eigenvalue weighted by atomic mass is 16.5. The summed E-state index contributed by atoms with van der Waals surface area (Å²) in [5.74, 6) is -0.102. The van der Waals surface area contributed by atoms with Crippen molar-refractivity contribution in [3.8, 4) is 11.5 Å². The van der Waals surface area contributed by atoms with Gasteiger partial charge in [0.1, 0.15) is 11.5 Å². The predicted molar refractivity (Wildman–Crippen MR) is 98.2 cm³/mol. The minimum atomic E-state index is -0.966. The van der Waals surface area contributed by atoms with Gasteiger partial charge in [0, 0.05) is 12.6 Å². The molecule has 2 aromatic rings. The van der Waals surface area contributed by atoms with Crippen LogP contribution in [0.2, 0.25) is 0 Å². The van der Waals surface area contributed by atoms with E-state index in [2.05, 4.69) is 5.32 Å². The Bertz CT molecular complexity index is 773. The Morgan fingerprint density at radius 2 is 1.96 bits per heavy atom. The molecule has 0 radical (unpaired) electrons. The number of carbonyl (C=O) groups is 2. The zero-order valence-electron chi connectivity index (χ0n) is 15.0. The second kappa shape index (κ2) is 9.46. The molecule has 2 N–H and O–H groups in total. The first-order valence-electron chi connectivity index (χ1n) is 8.46. The number of benzene rings is 2. The Labute approximate surface area is 152 Å². The fourth-order valence-corrected chi connectivity index (χ4v) is 2.42. The van der Waals surface area contributed by atoms with E-state index in [9.17, 15) is 9.59 Å². The Morgan fingerprint density at radius 3 is 2.65 bits per heavy atom. The summed E-state index contributed by atoms with van der Waals surface area (Å²) in [6, 6.07) is 11.8. The number of ether oxygens (including phenoxy) is 2. The van der Waals surface area contributed by atoms with Gasteiger partial charge in [-0.15, -0.1) is 0 Å². The normalized spacial score (nSPS) is 10.2. The van der Waals surface area contributed by atoms with E-state index in [0.29, 0.717) is 36.6 Å². The smallest absolute Gasteiger partial charge is 0.335 e. The van der Waals surface area contributed by atoms with Crippen LogP contribution in [0.15, 0.2) is 42.5 Å². The SMILES string of the molecule is CCCOc1cc(OC)ccc1C(=O)NCCc1cccc(C(=O)O)c1. The molecule has 138 valence electrons. The fourth-order valence-electron chi connectivity index (χ4n) is 2.42. The van der Waals surface area contributed by atoms with Crippen molar-refractivity contribution in [2.24, 2.45) is 0 Å². The van der Waals surface area contributed by atoms with Crippen LogP contribution >= 0.6 is 0 Å². The Hall–Kier alpha value is -3.02. The molecule has 0 saturated carbocycles. The number of hydrogen-bond donors (Lipinski definition) is 2. The zero-order valence-corrected chi connectivity index (χ0v) is 15.0. The minimum absolute atomic E-state index is 0.235. The highest BCUT2D eigenvalue weighted by Crippen LogP contribution is 2.25. The Balaban J connectivity index is 2.01. The molecule has 6 heteroatoms. The van der Waals surface area contributed by atoms with Crippen molar-refractivity contribution >= 4 is 11.9 Å². The molecule has 2 rings (SSSR count). The van der Waals surface area contributed by atoms with Crippen molar-refractivity contribution in [3.05, 3.63) is 59.2 Å². The molecule has 0 bridgehead atoms. The van der Waals surface area contributed by atoms with Crippen molar-refractivity contribution in [2.45, 2.75) is 19.8 Å². The predicted octanol–water partition coefficient (Wildman–Crippen LogP) is 3.15. The summed E-state index contributed by atoms with van der Waals surface area (Å²) in [5.41, 5.74) is 1.53. The van der Waals surface area contributed by atoms with Gasteiger partial charge in [-0.2, -0.15) is 0 Å². The quantitative estimate of drug-likeness (QED) is 0.720. The van der Waals surface area contributed by atoms with Gasteiger partial charge < -0.3 is 19.9 Å². The molecule has 26 heavy (non-hydrogen) atoms. The van der Waals surface area contributed by atoms with Gasteiger partial charge in [0.15, 0.2) is 0 Å². The largest absolute Gasteiger partial charge is 0.497 e. The third-order valence-electron chi connectivity index (χ3n) is 3.77. The Kier molecular flexibility index (Phi) is 7.02. The molecule has 0 fully saturated rings. The van der Waals surface area contributed by atoms with Crippen molar-refractivity contribution in [3.63, 3.8) is 0 Å². The van der Waals surface area contributed by atoms with Crippen LogP contribution in [0.5, 0.6) is 11.5 Å². The van der Waals surface area contributed by atoms with Gasteiger partial charge >= 0.3 is 5.97 Å². The molecule has 0 aliphatic carbocycles. The second-order valence-electron chi connectivity index (χ2n) is 5.72. The van der Waals surface area contributed by atoms with Gasteiger partial charge in [0.25, 0.3) is 5.91 Å². The summed E-state index contributed by atoms with van der Waals surface area (Å²) in [4.78, 5) is 23.5. The van der Waals surface area contributed by atoms with Gasteiger partial charge in [0.05, 0.1) is 24.8 Å². The number of hydrogen-bond acceptors (Lipinski definition) is 4. The standard InChI is InChI=1S/C20H23NO5/c1-3-11-26-18-13-16(25-2)7-8-17(18)19(22)21-10-9-14-5-4-6-15(12-14)20(23)24/h4-8,12-13H,3,9-11H2,1-2H3,(H,21,22)(H,23,24). The first-order chi connectivity index (χ1) is 12.5. The summed E-state index contributed by atoms with van der Waals surface area (Å²) < 4.78 is 10.8. The van der Waals surface area contributed by atoms with Gasteiger partial charge in [0.2, 0.25) is 0 Å². The monoisotopic (exact) mass is 357 g/mol. The molecule has 0 saturated heterocycles. The van der Waals surface area contributed by atoms with Crippen molar-refractivity contribution < 1.29 is 24.2 Å². The number of carbonyl (C=O) groups excluding carboxylic acids is 1. The molecule has 0 atom stereocenters. The van der Waals surface area contributed by atoms with E-state index in [1.54, 1.807) is 43.5 Å². The van der Waals surface area contributed by atoms with E-state index < -0.39 is 5.97 Å². The summed E-state index contributed by atoms with van der Waals surface area (Å²) in [6.07, 6.45) is 1.37. The van der Waals surface area contributed by atoms with Crippen LogP contribution in [0, 0.1) is 0 Å². The molecule has 2 aromatic carbocycles. The number of aromatic carboxylic acids is 1. The molecule has 0 aliphatic heterocycles. The average Bonchev–Trinajstić information content (AvgIpc) is 2.66. The van der Waals surface area contributed by atoms with Gasteiger partial charge in [-0.25, -0.2) is 4.79 Å². The molecule has 0 aliphatic rings. The second-order valence-corrected chi connectivity index (χ2v) is 5.72. The third kappa shape index (κ3) is 5.24. The van der Waals surface area contributed by atoms with E-state index in [0.717, 1.165) is 12.0 Å². The number of methoxy groups -OCH3 is 1. The minimum Gasteiger partial charge on any atom is -0.497 e. The molecule has 0 aromatic heterocycles. The van der Waals surface area contributed by atoms with Gasteiger partial charge in [-0.05, 0) is 42.7 Å². The van der Waals surface area contributed by atoms with Crippen LogP contribution in [-0.2, 0) is 6.42 Å². The summed E-state index contributed by atoms with van der Waals surface area (Å²) >= 11 is 0. The lowest BCUT2D eigenvalue weighted by molar-refractivity contribution is 0.0696. The van der Waals surface area contributed by atoms with Crippen LogP contribution in [0.25, 0.3) is 0 Å². The van der Waals surface area contributed by atoms with Crippen LogP contribution in [-0.4, -0.2) is 37.2 Å². The lowest BCUT2D eigenvalue weighted by Gasteiger charge is -2.13. The van der Waals surface area contributed by atoms with Gasteiger partial charge in [-0.3, -0.25) is 4.79 Å². The number of rotatable bonds is 9. The first kappa shape index (κ1) is 19.3. The summed E-state index contributed by atoms with van der Waals surface area (Å²) in [7, 11) is 1.56. The first-order valence-corrected chi connectivity index (χ1v) is 8.46. The lowest BCUT2D eigenvalue weighted by Crippen LogP contribution is -2.26. The number of amides is 1. The van der Waals surface area contributed by atoms with Crippen LogP contribution in [0.1, 0.15) is 39.6 Å². The zero-order chi connectivity index (χ0) is 18.9. The van der Waals surface area contributed by atoms with Crippen molar-refractivity contribution in [1.82, 2.24) is 5.32 Å². The molecule has 1 amide bonds. The highest BCUT2D eigenvalue weighted by molar-refractivity contribution is 5.97. The topological polar surface area (TPSA) is 84.9 Å². The maximum absolute atomic E-state index is 12.5. The summed E-state index contributed by atoms with van der Waals surface area (Å²) in [5, 5.41) is 11.9. The number of nitrogens with one attached hydrogen (secondary N) is 1. The maximum Gasteiger partial charge on any atom is 0.335 e. The van der Waals surface area contributed by atoms with Crippen LogP contribution in [0.3, 0.4) is 0 Å². The molecule has 0 spiro atoms. The Morgan fingerprint density at radius 1 is 1.15 bits per heavy atom. The molecule has 0 heterocycles. The highest BCUT2D eigenvalue weighted by Gasteiger charge is 2.13. The maximum atomic E-state index is 12.5. The van der Waals surface area contributed by atoms with E-state index in [1.807, 2.05) is 13.0 Å².